The van der Waals surface area contributed by atoms with Gasteiger partial charge in [-0.25, -0.2) is 14.2 Å². The third-order valence-corrected chi connectivity index (χ3v) is 8.05. The molecule has 0 amide bonds. The van der Waals surface area contributed by atoms with Crippen LogP contribution in [0.3, 0.4) is 0 Å². The van der Waals surface area contributed by atoms with Crippen molar-refractivity contribution in [1.29, 1.82) is 0 Å². The molecule has 1 aliphatic rings. The van der Waals surface area contributed by atoms with Crippen LogP contribution in [0.1, 0.15) is 42.1 Å². The molecule has 41 heavy (non-hydrogen) atoms. The summed E-state index contributed by atoms with van der Waals surface area (Å²) in [4.78, 5) is 31.9. The number of fused-ring (bicyclic) bond motifs is 1. The summed E-state index contributed by atoms with van der Waals surface area (Å²) >= 11 is 14.2. The van der Waals surface area contributed by atoms with Crippen molar-refractivity contribution in [2.75, 3.05) is 6.61 Å². The molecule has 3 aromatic carbocycles. The molecule has 4 aromatic rings. The lowest BCUT2D eigenvalue weighted by Gasteiger charge is -2.24. The molecule has 1 atom stereocenters. The Morgan fingerprint density at radius 3 is 2.46 bits per heavy atom. The molecule has 5 rings (SSSR count). The molecule has 210 valence electrons. The van der Waals surface area contributed by atoms with Gasteiger partial charge in [0.1, 0.15) is 12.4 Å². The summed E-state index contributed by atoms with van der Waals surface area (Å²) in [6.07, 6.45) is 1.67. The molecule has 0 saturated carbocycles. The van der Waals surface area contributed by atoms with Gasteiger partial charge in [0.15, 0.2) is 10.6 Å². The van der Waals surface area contributed by atoms with E-state index in [2.05, 4.69) is 4.99 Å². The number of aryl methyl sites for hydroxylation is 1. The Morgan fingerprint density at radius 2 is 1.80 bits per heavy atom. The van der Waals surface area contributed by atoms with Gasteiger partial charge in [0.05, 0.1) is 38.5 Å². The zero-order chi connectivity index (χ0) is 29.3. The van der Waals surface area contributed by atoms with E-state index >= 15 is 0 Å². The van der Waals surface area contributed by atoms with Gasteiger partial charge in [0, 0.05) is 0 Å². The van der Waals surface area contributed by atoms with Crippen LogP contribution < -0.4 is 19.6 Å². The number of benzene rings is 3. The molecule has 0 spiro atoms. The van der Waals surface area contributed by atoms with Gasteiger partial charge in [-0.2, -0.15) is 0 Å². The third kappa shape index (κ3) is 6.00. The van der Waals surface area contributed by atoms with Gasteiger partial charge >= 0.3 is 5.97 Å². The van der Waals surface area contributed by atoms with Crippen molar-refractivity contribution in [1.82, 2.24) is 4.57 Å². The van der Waals surface area contributed by atoms with Crippen LogP contribution in [0.25, 0.3) is 6.08 Å². The highest BCUT2D eigenvalue weighted by atomic mass is 35.5. The van der Waals surface area contributed by atoms with E-state index in [-0.39, 0.29) is 40.4 Å². The Balaban J connectivity index is 1.55. The van der Waals surface area contributed by atoms with Crippen LogP contribution >= 0.6 is 34.5 Å². The predicted molar refractivity (Wildman–Crippen MR) is 159 cm³/mol. The van der Waals surface area contributed by atoms with Crippen molar-refractivity contribution in [3.05, 3.63) is 130 Å². The molecular weight excluding hydrogens is 586 g/mol. The van der Waals surface area contributed by atoms with Crippen molar-refractivity contribution < 1.29 is 18.7 Å². The smallest absolute Gasteiger partial charge is 0.338 e. The zero-order valence-corrected chi connectivity index (χ0v) is 24.7. The molecule has 6 nitrogen and oxygen atoms in total. The second kappa shape index (κ2) is 12.0. The van der Waals surface area contributed by atoms with Crippen LogP contribution in [0, 0.1) is 12.7 Å². The first-order valence-electron chi connectivity index (χ1n) is 12.8. The van der Waals surface area contributed by atoms with E-state index in [1.165, 1.54) is 28.0 Å². The van der Waals surface area contributed by atoms with Gasteiger partial charge < -0.3 is 9.47 Å². The first-order valence-corrected chi connectivity index (χ1v) is 14.4. The Bertz CT molecular complexity index is 1840. The van der Waals surface area contributed by atoms with Gasteiger partial charge in [-0.15, -0.1) is 0 Å². The molecule has 0 N–H and O–H groups in total. The summed E-state index contributed by atoms with van der Waals surface area (Å²) in [5.41, 5.74) is 3.53. The number of carbonyl (C=O) groups excluding carboxylic acids is 1. The highest BCUT2D eigenvalue weighted by molar-refractivity contribution is 7.07. The minimum Gasteiger partial charge on any atom is -0.486 e. The van der Waals surface area contributed by atoms with Gasteiger partial charge in [-0.3, -0.25) is 9.36 Å². The minimum atomic E-state index is -0.696. The summed E-state index contributed by atoms with van der Waals surface area (Å²) in [5, 5.41) is 0.483. The number of halogens is 3. The molecule has 0 radical (unpaired) electrons. The lowest BCUT2D eigenvalue weighted by Crippen LogP contribution is -2.39. The first-order chi connectivity index (χ1) is 19.7. The maximum atomic E-state index is 13.8. The van der Waals surface area contributed by atoms with Gasteiger partial charge in [-0.1, -0.05) is 76.5 Å². The Kier molecular flexibility index (Phi) is 8.45. The second-order valence-electron chi connectivity index (χ2n) is 9.45. The molecular formula is C31H25Cl2FN2O4S. The number of allylic oxidation sites excluding steroid dienone is 1. The quantitative estimate of drug-likeness (QED) is 0.236. The maximum absolute atomic E-state index is 13.8. The van der Waals surface area contributed by atoms with Gasteiger partial charge in [0.25, 0.3) is 5.56 Å². The number of hydrogen-bond donors (Lipinski definition) is 0. The number of ether oxygens (including phenoxy) is 2. The zero-order valence-electron chi connectivity index (χ0n) is 22.4. The average Bonchev–Trinajstić information content (AvgIpc) is 3.22. The molecule has 0 fully saturated rings. The topological polar surface area (TPSA) is 69.9 Å². The number of thiazole rings is 1. The van der Waals surface area contributed by atoms with Crippen molar-refractivity contribution in [2.24, 2.45) is 4.99 Å². The van der Waals surface area contributed by atoms with E-state index in [0.717, 1.165) is 11.1 Å². The third-order valence-electron chi connectivity index (χ3n) is 6.50. The number of rotatable bonds is 7. The highest BCUT2D eigenvalue weighted by Gasteiger charge is 2.33. The van der Waals surface area contributed by atoms with Gasteiger partial charge in [-0.05, 0) is 67.8 Å². The molecule has 0 aliphatic carbocycles. The Morgan fingerprint density at radius 1 is 1.10 bits per heavy atom. The van der Waals surface area contributed by atoms with E-state index in [1.807, 2.05) is 31.2 Å². The molecule has 1 aliphatic heterocycles. The number of esters is 1. The largest absolute Gasteiger partial charge is 0.486 e. The first kappa shape index (κ1) is 28.8. The summed E-state index contributed by atoms with van der Waals surface area (Å²) in [7, 11) is 0. The Labute approximate surface area is 249 Å². The van der Waals surface area contributed by atoms with Crippen molar-refractivity contribution in [2.45, 2.75) is 33.4 Å². The molecule has 2 heterocycles. The summed E-state index contributed by atoms with van der Waals surface area (Å²) in [6, 6.07) is 16.3. The van der Waals surface area contributed by atoms with E-state index in [9.17, 15) is 14.0 Å². The average molecular weight is 612 g/mol. The predicted octanol–water partition coefficient (Wildman–Crippen LogP) is 6.13. The number of carbonyl (C=O) groups is 1. The monoisotopic (exact) mass is 610 g/mol. The SMILES string of the molecule is CCOC(=O)C1=C(C)N=c2s/c(=C/c3cc(Cl)c(OCc4cccc(F)c4)c(Cl)c3)c(=O)n2[C@H]1c1ccc(C)cc1. The number of hydrogen-bond acceptors (Lipinski definition) is 6. The van der Waals surface area contributed by atoms with Crippen molar-refractivity contribution >= 4 is 46.6 Å². The summed E-state index contributed by atoms with van der Waals surface area (Å²) in [6.45, 7) is 5.72. The maximum Gasteiger partial charge on any atom is 0.338 e. The van der Waals surface area contributed by atoms with E-state index in [1.54, 1.807) is 44.2 Å². The van der Waals surface area contributed by atoms with Crippen molar-refractivity contribution in [3.63, 3.8) is 0 Å². The second-order valence-corrected chi connectivity index (χ2v) is 11.3. The normalized spacial score (nSPS) is 15.0. The van der Waals surface area contributed by atoms with E-state index in [0.29, 0.717) is 31.7 Å². The molecule has 0 unspecified atom stereocenters. The van der Waals surface area contributed by atoms with E-state index < -0.39 is 12.0 Å². The minimum absolute atomic E-state index is 0.0797. The van der Waals surface area contributed by atoms with Crippen LogP contribution in [0.15, 0.2) is 81.7 Å². The standard InChI is InChI=1S/C31H25Cl2FN2O4S/c1-4-39-30(38)26-18(3)35-31-36(27(26)21-10-8-17(2)9-11-21)29(37)25(41-31)15-20-13-23(32)28(24(33)14-20)40-16-19-6-5-7-22(34)12-19/h5-15,27H,4,16H2,1-3H3/b25-15+/t27-/m0/s1. The fraction of sp³-hybridized carbons (Fsp3) is 0.194. The van der Waals surface area contributed by atoms with Crippen LogP contribution in [0.5, 0.6) is 5.75 Å². The number of aromatic nitrogens is 1. The van der Waals surface area contributed by atoms with Crippen molar-refractivity contribution in [3.8, 4) is 5.75 Å². The highest BCUT2D eigenvalue weighted by Crippen LogP contribution is 2.35. The van der Waals surface area contributed by atoms with Gasteiger partial charge in [0.2, 0.25) is 0 Å². The van der Waals surface area contributed by atoms with Crippen LogP contribution in [0.4, 0.5) is 4.39 Å². The number of nitrogens with zero attached hydrogens (tertiary/aromatic N) is 2. The fourth-order valence-corrected chi connectivity index (χ4v) is 6.25. The lowest BCUT2D eigenvalue weighted by molar-refractivity contribution is -0.139. The molecule has 1 aromatic heterocycles. The fourth-order valence-electron chi connectivity index (χ4n) is 4.59. The molecule has 10 heteroatoms. The van der Waals surface area contributed by atoms with E-state index in [4.69, 9.17) is 32.7 Å². The van der Waals surface area contributed by atoms with Crippen LogP contribution in [-0.2, 0) is 16.1 Å². The molecule has 0 saturated heterocycles. The molecule has 0 bridgehead atoms. The van der Waals surface area contributed by atoms with Crippen LogP contribution in [-0.4, -0.2) is 17.1 Å². The lowest BCUT2D eigenvalue weighted by atomic mass is 9.95. The Hall–Kier alpha value is -3.72. The summed E-state index contributed by atoms with van der Waals surface area (Å²) < 4.78 is 26.5. The van der Waals surface area contributed by atoms with Crippen LogP contribution in [0.2, 0.25) is 10.0 Å². The summed E-state index contributed by atoms with van der Waals surface area (Å²) in [5.74, 6) is -0.624.